The molecule has 0 spiro atoms. The van der Waals surface area contributed by atoms with E-state index >= 15 is 0 Å². The van der Waals surface area contributed by atoms with Gasteiger partial charge in [-0.05, 0) is 0 Å². The number of fused-ring (bicyclic) bond motifs is 1. The summed E-state index contributed by atoms with van der Waals surface area (Å²) in [5, 5.41) is 2.83. The molecule has 1 amide bonds. The van der Waals surface area contributed by atoms with Crippen molar-refractivity contribution in [2.24, 2.45) is 13.7 Å². The quantitative estimate of drug-likeness (QED) is 0.851. The molecule has 3 N–H and O–H groups in total. The molecule has 0 bridgehead atoms. The molecule has 0 fully saturated rings. The average Bonchev–Trinajstić information content (AvgIpc) is 2.78. The predicted octanol–water partition coefficient (Wildman–Crippen LogP) is 2.10. The molecule has 2 rings (SSSR count). The van der Waals surface area contributed by atoms with E-state index in [1.807, 2.05) is 25.1 Å². The third kappa shape index (κ3) is 2.39. The van der Waals surface area contributed by atoms with Gasteiger partial charge in [-0.15, -0.1) is 0 Å². The van der Waals surface area contributed by atoms with Gasteiger partial charge in [0.2, 0.25) is 0 Å². The number of nitrogens with zero attached hydrogens (tertiary/aromatic N) is 2. The van der Waals surface area contributed by atoms with Gasteiger partial charge >= 0.3 is 105 Å². The Morgan fingerprint density at radius 1 is 1.53 bits per heavy atom. The normalized spacial score (nSPS) is 15.9. The van der Waals surface area contributed by atoms with Crippen molar-refractivity contribution in [2.75, 3.05) is 5.32 Å². The van der Waals surface area contributed by atoms with Crippen molar-refractivity contribution in [1.82, 2.24) is 0 Å². The molecule has 0 saturated carbocycles. The molecule has 1 heterocycles. The Labute approximate surface area is 106 Å². The standard InChI is InChI=1S/C11H14N4OSe/c1-3-11(2,12)10(16)13-7-5-4-6-8-9(7)15-17-14-8/h4-6H,3,12H2,1-2H3,(H,13,16). The van der Waals surface area contributed by atoms with Gasteiger partial charge in [0.15, 0.2) is 0 Å². The Kier molecular flexibility index (Phi) is 3.28. The molecule has 1 aromatic rings. The molecule has 6 heteroatoms. The summed E-state index contributed by atoms with van der Waals surface area (Å²) in [5.74, 6) is -0.192. The summed E-state index contributed by atoms with van der Waals surface area (Å²) in [6, 6.07) is 5.57. The molecule has 0 saturated heterocycles. The van der Waals surface area contributed by atoms with E-state index in [2.05, 4.69) is 13.2 Å². The van der Waals surface area contributed by atoms with E-state index in [1.54, 1.807) is 6.92 Å². The maximum atomic E-state index is 12.0. The average molecular weight is 297 g/mol. The first-order valence-electron chi connectivity index (χ1n) is 5.36. The molecule has 5 nitrogen and oxygen atoms in total. The Hall–Kier alpha value is -1.23. The molecule has 1 aliphatic heterocycles. The molecular formula is C11H14N4OSe. The number of anilines is 1. The Balaban J connectivity index is 2.24. The number of nitrogens with one attached hydrogen (secondary N) is 1. The van der Waals surface area contributed by atoms with Gasteiger partial charge in [0.1, 0.15) is 0 Å². The van der Waals surface area contributed by atoms with Crippen LogP contribution in [-0.2, 0) is 4.79 Å². The van der Waals surface area contributed by atoms with Crippen LogP contribution in [0.1, 0.15) is 20.3 Å². The second-order valence-electron chi connectivity index (χ2n) is 4.16. The van der Waals surface area contributed by atoms with E-state index in [-0.39, 0.29) is 20.5 Å². The first-order chi connectivity index (χ1) is 8.04. The first-order valence-corrected chi connectivity index (χ1v) is 6.89. The van der Waals surface area contributed by atoms with Crippen molar-refractivity contribution in [3.63, 3.8) is 0 Å². The van der Waals surface area contributed by atoms with Gasteiger partial charge in [0.05, 0.1) is 0 Å². The summed E-state index contributed by atoms with van der Waals surface area (Å²) in [5.41, 5.74) is 7.34. The van der Waals surface area contributed by atoms with Crippen molar-refractivity contribution in [1.29, 1.82) is 0 Å². The number of hydrogen-bond donors (Lipinski definition) is 2. The number of nitrogens with two attached hydrogens (primary N) is 1. The SMILES string of the molecule is CCC(C)(N)C(=O)Nc1cccc2c1N=[Se]=N2. The van der Waals surface area contributed by atoms with E-state index in [0.717, 1.165) is 11.4 Å². The van der Waals surface area contributed by atoms with E-state index in [1.165, 1.54) is 0 Å². The number of carbonyl (C=O) groups is 1. The summed E-state index contributed by atoms with van der Waals surface area (Å²) in [4.78, 5) is 12.0. The topological polar surface area (TPSA) is 79.8 Å². The summed E-state index contributed by atoms with van der Waals surface area (Å²) in [7, 11) is 0. The zero-order valence-electron chi connectivity index (χ0n) is 9.73. The Bertz CT molecular complexity index is 532. The van der Waals surface area contributed by atoms with Crippen molar-refractivity contribution in [2.45, 2.75) is 25.8 Å². The summed E-state index contributed by atoms with van der Waals surface area (Å²) in [6.45, 7) is 3.61. The summed E-state index contributed by atoms with van der Waals surface area (Å²) >= 11 is -0.0973. The number of carbonyl (C=O) groups excluding carboxylic acids is 1. The predicted molar refractivity (Wildman–Crippen MR) is 67.9 cm³/mol. The van der Waals surface area contributed by atoms with E-state index < -0.39 is 5.54 Å². The van der Waals surface area contributed by atoms with Gasteiger partial charge in [-0.3, -0.25) is 0 Å². The van der Waals surface area contributed by atoms with E-state index in [0.29, 0.717) is 12.1 Å². The molecule has 90 valence electrons. The third-order valence-electron chi connectivity index (χ3n) is 2.79. The molecule has 1 unspecified atom stereocenters. The van der Waals surface area contributed by atoms with Crippen LogP contribution in [0.25, 0.3) is 0 Å². The Morgan fingerprint density at radius 2 is 2.29 bits per heavy atom. The first kappa shape index (κ1) is 12.2. The van der Waals surface area contributed by atoms with E-state index in [9.17, 15) is 4.79 Å². The fourth-order valence-electron chi connectivity index (χ4n) is 1.33. The van der Waals surface area contributed by atoms with Gasteiger partial charge in [0, 0.05) is 0 Å². The van der Waals surface area contributed by atoms with Crippen LogP contribution in [-0.4, -0.2) is 26.0 Å². The Morgan fingerprint density at radius 3 is 3.00 bits per heavy atom. The second kappa shape index (κ2) is 4.56. The molecular weight excluding hydrogens is 283 g/mol. The van der Waals surface area contributed by atoms with Crippen LogP contribution in [0, 0.1) is 0 Å². The molecule has 0 aliphatic carbocycles. The second-order valence-corrected chi connectivity index (χ2v) is 5.27. The van der Waals surface area contributed by atoms with Crippen LogP contribution in [0.15, 0.2) is 26.1 Å². The molecule has 17 heavy (non-hydrogen) atoms. The van der Waals surface area contributed by atoms with Gasteiger partial charge in [0.25, 0.3) is 0 Å². The number of hydrogen-bond acceptors (Lipinski definition) is 4. The van der Waals surface area contributed by atoms with Crippen molar-refractivity contribution in [3.05, 3.63) is 18.2 Å². The summed E-state index contributed by atoms with van der Waals surface area (Å²) < 4.78 is 8.56. The molecule has 0 radical (unpaired) electrons. The molecule has 0 aromatic heterocycles. The minimum atomic E-state index is -0.858. The van der Waals surface area contributed by atoms with Gasteiger partial charge < -0.3 is 0 Å². The van der Waals surface area contributed by atoms with E-state index in [4.69, 9.17) is 5.73 Å². The van der Waals surface area contributed by atoms with Crippen LogP contribution in [0.5, 0.6) is 0 Å². The maximum absolute atomic E-state index is 12.0. The monoisotopic (exact) mass is 298 g/mol. The molecule has 1 aliphatic rings. The number of amides is 1. The van der Waals surface area contributed by atoms with Crippen LogP contribution < -0.4 is 11.1 Å². The fraction of sp³-hybridized carbons (Fsp3) is 0.364. The van der Waals surface area contributed by atoms with Crippen LogP contribution in [0.4, 0.5) is 17.1 Å². The molecule has 1 atom stereocenters. The fourth-order valence-corrected chi connectivity index (χ4v) is 2.49. The van der Waals surface area contributed by atoms with Crippen molar-refractivity contribution >= 4 is 37.5 Å². The van der Waals surface area contributed by atoms with Crippen LogP contribution >= 0.6 is 0 Å². The van der Waals surface area contributed by atoms with Crippen molar-refractivity contribution < 1.29 is 4.79 Å². The number of benzene rings is 1. The van der Waals surface area contributed by atoms with Gasteiger partial charge in [-0.1, -0.05) is 0 Å². The minimum absolute atomic E-state index is 0.0973. The van der Waals surface area contributed by atoms with Crippen LogP contribution in [0.3, 0.4) is 0 Å². The van der Waals surface area contributed by atoms with Crippen LogP contribution in [0.2, 0.25) is 0 Å². The summed E-state index contributed by atoms with van der Waals surface area (Å²) in [6.07, 6.45) is 0.583. The zero-order valence-corrected chi connectivity index (χ0v) is 11.4. The molecule has 1 aromatic carbocycles. The van der Waals surface area contributed by atoms with Gasteiger partial charge in [-0.2, -0.15) is 0 Å². The third-order valence-corrected chi connectivity index (χ3v) is 3.93. The zero-order chi connectivity index (χ0) is 12.5. The van der Waals surface area contributed by atoms with Crippen molar-refractivity contribution in [3.8, 4) is 0 Å². The number of rotatable bonds is 3. The van der Waals surface area contributed by atoms with Gasteiger partial charge in [-0.25, -0.2) is 0 Å².